The molecule has 0 atom stereocenters. The van der Waals surface area contributed by atoms with Crippen LogP contribution in [0.25, 0.3) is 0 Å². The monoisotopic (exact) mass is 310 g/mol. The largest absolute Gasteiger partial charge is 0.495 e. The average molecular weight is 310 g/mol. The van der Waals surface area contributed by atoms with Gasteiger partial charge >= 0.3 is 0 Å². The Morgan fingerprint density at radius 3 is 2.38 bits per heavy atom. The van der Waals surface area contributed by atoms with Crippen molar-refractivity contribution in [2.24, 2.45) is 0 Å². The normalized spacial score (nSPS) is 11.2. The fourth-order valence-corrected chi connectivity index (χ4v) is 3.02. The number of aryl methyl sites for hydroxylation is 1. The van der Waals surface area contributed by atoms with Crippen LogP contribution in [0.15, 0.2) is 41.3 Å². The van der Waals surface area contributed by atoms with Gasteiger partial charge in [-0.15, -0.1) is 0 Å². The fraction of sp³-hybridized carbons (Fsp3) is 0.143. The third kappa shape index (κ3) is 3.25. The number of benzene rings is 2. The molecular weight excluding hydrogens is 295 g/mol. The lowest BCUT2D eigenvalue weighted by atomic mass is 10.2. The number of hydrogen-bond acceptors (Lipinski definition) is 4. The second-order valence-electron chi connectivity index (χ2n) is 4.47. The molecule has 0 unspecified atom stereocenters. The first-order chi connectivity index (χ1) is 9.83. The van der Waals surface area contributed by atoms with Gasteiger partial charge in [0.1, 0.15) is 16.5 Å². The van der Waals surface area contributed by atoms with Crippen LogP contribution in [-0.4, -0.2) is 15.5 Å². The number of methoxy groups -OCH3 is 1. The van der Waals surface area contributed by atoms with Crippen molar-refractivity contribution in [3.63, 3.8) is 0 Å². The van der Waals surface area contributed by atoms with Crippen molar-refractivity contribution < 1.29 is 17.5 Å². The average Bonchev–Trinajstić information content (AvgIpc) is 2.43. The Morgan fingerprint density at radius 2 is 1.81 bits per heavy atom. The zero-order valence-corrected chi connectivity index (χ0v) is 12.4. The maximum Gasteiger partial charge on any atom is 0.265 e. The van der Waals surface area contributed by atoms with Gasteiger partial charge in [-0.05, 0) is 48.9 Å². The number of nitrogen functional groups attached to an aromatic ring is 1. The molecule has 0 spiro atoms. The van der Waals surface area contributed by atoms with Crippen molar-refractivity contribution in [2.75, 3.05) is 17.6 Å². The van der Waals surface area contributed by atoms with Gasteiger partial charge < -0.3 is 10.5 Å². The molecule has 0 aliphatic rings. The van der Waals surface area contributed by atoms with E-state index in [1.807, 2.05) is 0 Å². The molecule has 0 bridgehead atoms. The number of anilines is 2. The van der Waals surface area contributed by atoms with E-state index in [4.69, 9.17) is 10.5 Å². The number of rotatable bonds is 4. The van der Waals surface area contributed by atoms with Crippen LogP contribution in [0, 0.1) is 12.7 Å². The standard InChI is InChI=1S/C14H15FN2O3S/c1-9-7-13(20-2)14(8-12(9)16)21(18,19)17-11-5-3-10(15)4-6-11/h3-8,17H,16H2,1-2H3. The molecular formula is C14H15FN2O3S. The second-order valence-corrected chi connectivity index (χ2v) is 6.12. The Balaban J connectivity index is 2.44. The molecule has 2 aromatic rings. The third-order valence-corrected chi connectivity index (χ3v) is 4.34. The van der Waals surface area contributed by atoms with Crippen LogP contribution < -0.4 is 15.2 Å². The molecule has 0 heterocycles. The molecule has 0 aliphatic carbocycles. The summed E-state index contributed by atoms with van der Waals surface area (Å²) >= 11 is 0. The van der Waals surface area contributed by atoms with Gasteiger partial charge in [0.15, 0.2) is 0 Å². The van der Waals surface area contributed by atoms with Crippen LogP contribution in [-0.2, 0) is 10.0 Å². The summed E-state index contributed by atoms with van der Waals surface area (Å²) in [7, 11) is -2.51. The first-order valence-corrected chi connectivity index (χ1v) is 7.54. The van der Waals surface area contributed by atoms with Gasteiger partial charge in [0.25, 0.3) is 10.0 Å². The lowest BCUT2D eigenvalue weighted by molar-refractivity contribution is 0.402. The van der Waals surface area contributed by atoms with Crippen LogP contribution in [0.1, 0.15) is 5.56 Å². The lowest BCUT2D eigenvalue weighted by Gasteiger charge is -2.13. The van der Waals surface area contributed by atoms with E-state index in [1.54, 1.807) is 13.0 Å². The maximum absolute atomic E-state index is 12.8. The minimum atomic E-state index is -3.89. The summed E-state index contributed by atoms with van der Waals surface area (Å²) in [4.78, 5) is -0.0718. The van der Waals surface area contributed by atoms with Gasteiger partial charge in [0.2, 0.25) is 0 Å². The smallest absolute Gasteiger partial charge is 0.265 e. The van der Waals surface area contributed by atoms with Crippen LogP contribution in [0.2, 0.25) is 0 Å². The van der Waals surface area contributed by atoms with Gasteiger partial charge in [0, 0.05) is 11.4 Å². The molecule has 3 N–H and O–H groups in total. The number of hydrogen-bond donors (Lipinski definition) is 2. The lowest BCUT2D eigenvalue weighted by Crippen LogP contribution is -2.14. The van der Waals surface area contributed by atoms with Gasteiger partial charge in [0.05, 0.1) is 7.11 Å². The summed E-state index contributed by atoms with van der Waals surface area (Å²) in [6.07, 6.45) is 0. The SMILES string of the molecule is COc1cc(C)c(N)cc1S(=O)(=O)Nc1ccc(F)cc1. The maximum atomic E-state index is 12.8. The molecule has 0 saturated heterocycles. The third-order valence-electron chi connectivity index (χ3n) is 2.94. The Hall–Kier alpha value is -2.28. The van der Waals surface area contributed by atoms with Crippen molar-refractivity contribution in [3.8, 4) is 5.75 Å². The minimum Gasteiger partial charge on any atom is -0.495 e. The molecule has 0 aliphatic heterocycles. The van der Waals surface area contributed by atoms with Crippen LogP contribution >= 0.6 is 0 Å². The van der Waals surface area contributed by atoms with E-state index in [0.717, 1.165) is 0 Å². The van der Waals surface area contributed by atoms with E-state index < -0.39 is 15.8 Å². The van der Waals surface area contributed by atoms with Gasteiger partial charge in [-0.3, -0.25) is 4.72 Å². The summed E-state index contributed by atoms with van der Waals surface area (Å²) in [6, 6.07) is 7.87. The fourth-order valence-electron chi connectivity index (χ4n) is 1.77. The quantitative estimate of drug-likeness (QED) is 0.850. The number of halogens is 1. The van der Waals surface area contributed by atoms with Crippen molar-refractivity contribution in [1.82, 2.24) is 0 Å². The van der Waals surface area contributed by atoms with Gasteiger partial charge in [-0.2, -0.15) is 0 Å². The number of nitrogens with two attached hydrogens (primary N) is 1. The summed E-state index contributed by atoms with van der Waals surface area (Å²) in [5.41, 5.74) is 7.06. The highest BCUT2D eigenvalue weighted by Gasteiger charge is 2.21. The first-order valence-electron chi connectivity index (χ1n) is 6.06. The first kappa shape index (κ1) is 15.1. The highest BCUT2D eigenvalue weighted by atomic mass is 32.2. The van der Waals surface area contributed by atoms with Crippen LogP contribution in [0.5, 0.6) is 5.75 Å². The summed E-state index contributed by atoms with van der Waals surface area (Å²) in [5.74, 6) is -0.258. The predicted molar refractivity (Wildman–Crippen MR) is 79.4 cm³/mol. The summed E-state index contributed by atoms with van der Waals surface area (Å²) in [6.45, 7) is 1.75. The Bertz CT molecular complexity index is 759. The molecule has 0 aromatic heterocycles. The Labute approximate surface area is 122 Å². The van der Waals surface area contributed by atoms with E-state index in [-0.39, 0.29) is 16.3 Å². The molecule has 0 amide bonds. The predicted octanol–water partition coefficient (Wildman–Crippen LogP) is 2.53. The van der Waals surface area contributed by atoms with Crippen molar-refractivity contribution in [1.29, 1.82) is 0 Å². The Kier molecular flexibility index (Phi) is 4.04. The Morgan fingerprint density at radius 1 is 1.19 bits per heavy atom. The van der Waals surface area contributed by atoms with E-state index in [2.05, 4.69) is 4.72 Å². The molecule has 2 rings (SSSR count). The second kappa shape index (κ2) is 5.61. The van der Waals surface area contributed by atoms with Gasteiger partial charge in [-0.1, -0.05) is 0 Å². The van der Waals surface area contributed by atoms with E-state index >= 15 is 0 Å². The number of nitrogens with one attached hydrogen (secondary N) is 1. The van der Waals surface area contributed by atoms with Gasteiger partial charge in [-0.25, -0.2) is 12.8 Å². The summed E-state index contributed by atoms with van der Waals surface area (Å²) in [5, 5.41) is 0. The number of ether oxygens (including phenoxy) is 1. The van der Waals surface area contributed by atoms with E-state index in [0.29, 0.717) is 11.3 Å². The highest BCUT2D eigenvalue weighted by Crippen LogP contribution is 2.30. The molecule has 21 heavy (non-hydrogen) atoms. The topological polar surface area (TPSA) is 81.4 Å². The molecule has 112 valence electrons. The molecule has 7 heteroatoms. The van der Waals surface area contributed by atoms with E-state index in [1.165, 1.54) is 37.4 Å². The molecule has 5 nitrogen and oxygen atoms in total. The zero-order valence-electron chi connectivity index (χ0n) is 11.6. The van der Waals surface area contributed by atoms with Crippen molar-refractivity contribution in [2.45, 2.75) is 11.8 Å². The van der Waals surface area contributed by atoms with Crippen molar-refractivity contribution >= 4 is 21.4 Å². The van der Waals surface area contributed by atoms with Crippen LogP contribution in [0.4, 0.5) is 15.8 Å². The molecule has 0 radical (unpaired) electrons. The highest BCUT2D eigenvalue weighted by molar-refractivity contribution is 7.92. The van der Waals surface area contributed by atoms with E-state index in [9.17, 15) is 12.8 Å². The van der Waals surface area contributed by atoms with Crippen LogP contribution in [0.3, 0.4) is 0 Å². The number of sulfonamides is 1. The molecule has 0 fully saturated rings. The molecule has 0 saturated carbocycles. The minimum absolute atomic E-state index is 0.0718. The zero-order chi connectivity index (χ0) is 15.6. The molecule has 2 aromatic carbocycles. The van der Waals surface area contributed by atoms with Crippen molar-refractivity contribution in [3.05, 3.63) is 47.8 Å². The summed E-state index contributed by atoms with van der Waals surface area (Å²) < 4.78 is 45.1.